The lowest BCUT2D eigenvalue weighted by molar-refractivity contribution is -0.137. The Morgan fingerprint density at radius 3 is 2.58 bits per heavy atom. The van der Waals surface area contributed by atoms with Gasteiger partial charge in [0.05, 0.1) is 6.04 Å². The van der Waals surface area contributed by atoms with E-state index in [0.29, 0.717) is 18.8 Å². The Morgan fingerprint density at radius 2 is 1.88 bits per heavy atom. The van der Waals surface area contributed by atoms with Crippen LogP contribution in [0.1, 0.15) is 47.2 Å². The van der Waals surface area contributed by atoms with E-state index in [9.17, 15) is 9.59 Å². The van der Waals surface area contributed by atoms with Crippen LogP contribution in [0.2, 0.25) is 0 Å². The Kier molecular flexibility index (Phi) is 4.97. The highest BCUT2D eigenvalue weighted by molar-refractivity contribution is 7.09. The molecule has 2 aliphatic rings. The Hall–Kier alpha value is -2.28. The molecule has 6 nitrogen and oxygen atoms in total. The average molecular weight is 370 g/mol. The Labute approximate surface area is 156 Å². The molecule has 4 rings (SSSR count). The highest BCUT2D eigenvalue weighted by Gasteiger charge is 2.37. The number of piperidine rings is 1. The number of nitrogens with zero attached hydrogens (tertiary/aromatic N) is 4. The van der Waals surface area contributed by atoms with Gasteiger partial charge in [-0.2, -0.15) is 0 Å². The highest BCUT2D eigenvalue weighted by Crippen LogP contribution is 2.35. The van der Waals surface area contributed by atoms with E-state index in [-0.39, 0.29) is 23.8 Å². The van der Waals surface area contributed by atoms with Gasteiger partial charge in [0.2, 0.25) is 5.91 Å². The lowest BCUT2D eigenvalue weighted by Gasteiger charge is -2.34. The number of hydrogen-bond acceptors (Lipinski definition) is 5. The van der Waals surface area contributed by atoms with Gasteiger partial charge >= 0.3 is 0 Å². The smallest absolute Gasteiger partial charge is 0.272 e. The van der Waals surface area contributed by atoms with E-state index in [1.54, 1.807) is 29.7 Å². The standard InChI is InChI=1S/C19H22N4O2S/c24-18(23-10-3-5-16(23)17-21-9-13-26-17)14-6-11-22(12-7-14)19(25)15-4-1-2-8-20-15/h1-2,4,8-9,13-14,16H,3,5-7,10-12H2/t16-/m0/s1. The summed E-state index contributed by atoms with van der Waals surface area (Å²) in [4.78, 5) is 37.9. The number of pyridine rings is 1. The number of amides is 2. The molecule has 2 saturated heterocycles. The molecule has 0 bridgehead atoms. The first-order valence-corrected chi connectivity index (χ1v) is 10.0. The number of aromatic nitrogens is 2. The zero-order valence-corrected chi connectivity index (χ0v) is 15.4. The summed E-state index contributed by atoms with van der Waals surface area (Å²) >= 11 is 1.63. The molecule has 0 spiro atoms. The lowest BCUT2D eigenvalue weighted by atomic mass is 9.94. The van der Waals surface area contributed by atoms with Gasteiger partial charge < -0.3 is 9.80 Å². The maximum absolute atomic E-state index is 13.0. The maximum atomic E-state index is 13.0. The van der Waals surface area contributed by atoms with Crippen molar-refractivity contribution in [3.05, 3.63) is 46.7 Å². The van der Waals surface area contributed by atoms with Gasteiger partial charge in [0.1, 0.15) is 10.7 Å². The van der Waals surface area contributed by atoms with E-state index in [4.69, 9.17) is 0 Å². The summed E-state index contributed by atoms with van der Waals surface area (Å²) < 4.78 is 0. The molecule has 2 fully saturated rings. The van der Waals surface area contributed by atoms with E-state index in [1.165, 1.54) is 0 Å². The van der Waals surface area contributed by atoms with Crippen LogP contribution in [-0.4, -0.2) is 51.2 Å². The molecule has 0 radical (unpaired) electrons. The van der Waals surface area contributed by atoms with Gasteiger partial charge in [0.25, 0.3) is 5.91 Å². The van der Waals surface area contributed by atoms with Crippen LogP contribution >= 0.6 is 11.3 Å². The zero-order valence-electron chi connectivity index (χ0n) is 14.6. The van der Waals surface area contributed by atoms with Crippen LogP contribution in [0.25, 0.3) is 0 Å². The van der Waals surface area contributed by atoms with E-state index in [2.05, 4.69) is 9.97 Å². The quantitative estimate of drug-likeness (QED) is 0.833. The molecule has 4 heterocycles. The Bertz CT molecular complexity index is 757. The number of likely N-dealkylation sites (tertiary alicyclic amines) is 2. The van der Waals surface area contributed by atoms with Crippen molar-refractivity contribution in [3.63, 3.8) is 0 Å². The van der Waals surface area contributed by atoms with Crippen LogP contribution in [0.5, 0.6) is 0 Å². The SMILES string of the molecule is O=C(c1ccccn1)N1CCC(C(=O)N2CCC[C@H]2c2nccs2)CC1. The van der Waals surface area contributed by atoms with Gasteiger partial charge in [0, 0.05) is 43.3 Å². The van der Waals surface area contributed by atoms with Crippen LogP contribution in [0.15, 0.2) is 36.0 Å². The summed E-state index contributed by atoms with van der Waals surface area (Å²) in [6, 6.07) is 5.50. The van der Waals surface area contributed by atoms with Gasteiger partial charge in [-0.15, -0.1) is 11.3 Å². The van der Waals surface area contributed by atoms with Crippen molar-refractivity contribution < 1.29 is 9.59 Å². The largest absolute Gasteiger partial charge is 0.337 e. The molecule has 2 aliphatic heterocycles. The van der Waals surface area contributed by atoms with Crippen LogP contribution < -0.4 is 0 Å². The van der Waals surface area contributed by atoms with Crippen molar-refractivity contribution in [2.24, 2.45) is 5.92 Å². The predicted octanol–water partition coefficient (Wildman–Crippen LogP) is 2.75. The summed E-state index contributed by atoms with van der Waals surface area (Å²) in [6.45, 7) is 2.04. The summed E-state index contributed by atoms with van der Waals surface area (Å²) in [6.07, 6.45) is 6.92. The second-order valence-corrected chi connectivity index (χ2v) is 7.77. The molecule has 2 amide bonds. The van der Waals surface area contributed by atoms with E-state index < -0.39 is 0 Å². The number of thiazole rings is 1. The fraction of sp³-hybridized carbons (Fsp3) is 0.474. The molecule has 2 aromatic heterocycles. The van der Waals surface area contributed by atoms with Crippen molar-refractivity contribution in [3.8, 4) is 0 Å². The molecule has 7 heteroatoms. The van der Waals surface area contributed by atoms with Crippen LogP contribution in [0, 0.1) is 5.92 Å². The molecule has 0 aromatic carbocycles. The van der Waals surface area contributed by atoms with Crippen LogP contribution in [-0.2, 0) is 4.79 Å². The molecular weight excluding hydrogens is 348 g/mol. The normalized spacial score (nSPS) is 21.2. The minimum Gasteiger partial charge on any atom is -0.337 e. The molecule has 0 saturated carbocycles. The van der Waals surface area contributed by atoms with Crippen molar-refractivity contribution in [2.75, 3.05) is 19.6 Å². The summed E-state index contributed by atoms with van der Waals surface area (Å²) in [5.74, 6) is 0.189. The molecule has 2 aromatic rings. The van der Waals surface area contributed by atoms with Crippen LogP contribution in [0.4, 0.5) is 0 Å². The molecule has 0 unspecified atom stereocenters. The number of carbonyl (C=O) groups is 2. The monoisotopic (exact) mass is 370 g/mol. The minimum atomic E-state index is -0.0432. The van der Waals surface area contributed by atoms with Crippen molar-refractivity contribution in [1.29, 1.82) is 0 Å². The summed E-state index contributed by atoms with van der Waals surface area (Å²) in [7, 11) is 0. The fourth-order valence-electron chi connectivity index (χ4n) is 3.90. The van der Waals surface area contributed by atoms with Crippen LogP contribution in [0.3, 0.4) is 0 Å². The third kappa shape index (κ3) is 3.35. The van der Waals surface area contributed by atoms with Gasteiger partial charge in [0.15, 0.2) is 0 Å². The van der Waals surface area contributed by atoms with E-state index in [0.717, 1.165) is 37.2 Å². The van der Waals surface area contributed by atoms with Gasteiger partial charge in [-0.05, 0) is 37.8 Å². The molecule has 0 aliphatic carbocycles. The van der Waals surface area contributed by atoms with Crippen molar-refractivity contribution in [1.82, 2.24) is 19.8 Å². The number of rotatable bonds is 3. The predicted molar refractivity (Wildman–Crippen MR) is 98.7 cm³/mol. The molecule has 0 N–H and O–H groups in total. The topological polar surface area (TPSA) is 66.4 Å². The van der Waals surface area contributed by atoms with Gasteiger partial charge in [-0.3, -0.25) is 14.6 Å². The van der Waals surface area contributed by atoms with E-state index in [1.807, 2.05) is 27.4 Å². The first-order valence-electron chi connectivity index (χ1n) is 9.14. The van der Waals surface area contributed by atoms with Gasteiger partial charge in [-0.25, -0.2) is 4.98 Å². The Morgan fingerprint density at radius 1 is 1.04 bits per heavy atom. The molecule has 1 atom stereocenters. The third-order valence-corrected chi connectivity index (χ3v) is 6.16. The first-order chi connectivity index (χ1) is 12.7. The lowest BCUT2D eigenvalue weighted by Crippen LogP contribution is -2.44. The minimum absolute atomic E-state index is 0.00310. The van der Waals surface area contributed by atoms with Crippen molar-refractivity contribution >= 4 is 23.2 Å². The summed E-state index contributed by atoms with van der Waals surface area (Å²) in [5.41, 5.74) is 0.473. The van der Waals surface area contributed by atoms with Gasteiger partial charge in [-0.1, -0.05) is 6.07 Å². The molecular formula is C19H22N4O2S. The maximum Gasteiger partial charge on any atom is 0.272 e. The second-order valence-electron chi connectivity index (χ2n) is 6.84. The summed E-state index contributed by atoms with van der Waals surface area (Å²) in [5, 5.41) is 3.01. The highest BCUT2D eigenvalue weighted by atomic mass is 32.1. The fourth-order valence-corrected chi connectivity index (χ4v) is 4.69. The number of carbonyl (C=O) groups excluding carboxylic acids is 2. The first kappa shape index (κ1) is 17.1. The average Bonchev–Trinajstić information content (AvgIpc) is 3.39. The third-order valence-electron chi connectivity index (χ3n) is 5.29. The number of hydrogen-bond donors (Lipinski definition) is 0. The van der Waals surface area contributed by atoms with Crippen molar-refractivity contribution in [2.45, 2.75) is 31.7 Å². The zero-order chi connectivity index (χ0) is 17.9. The molecule has 136 valence electrons. The Balaban J connectivity index is 1.37. The molecule has 26 heavy (non-hydrogen) atoms. The van der Waals surface area contributed by atoms with E-state index >= 15 is 0 Å². The second kappa shape index (κ2) is 7.53.